The summed E-state index contributed by atoms with van der Waals surface area (Å²) < 4.78 is 5.07. The van der Waals surface area contributed by atoms with Crippen LogP contribution in [0.1, 0.15) is 37.4 Å². The van der Waals surface area contributed by atoms with Crippen LogP contribution >= 0.6 is 11.6 Å². The van der Waals surface area contributed by atoms with Crippen LogP contribution in [-0.4, -0.2) is 66.6 Å². The number of benzene rings is 1. The van der Waals surface area contributed by atoms with E-state index in [0.717, 1.165) is 32.4 Å². The molecule has 1 spiro atoms. The monoisotopic (exact) mass is 394 g/mol. The fourth-order valence-electron chi connectivity index (χ4n) is 4.12. The van der Waals surface area contributed by atoms with Crippen molar-refractivity contribution in [3.05, 3.63) is 34.9 Å². The van der Waals surface area contributed by atoms with Crippen molar-refractivity contribution in [3.8, 4) is 0 Å². The lowest BCUT2D eigenvalue weighted by molar-refractivity contribution is -0.142. The predicted molar refractivity (Wildman–Crippen MR) is 102 cm³/mol. The van der Waals surface area contributed by atoms with Crippen LogP contribution in [0.2, 0.25) is 5.02 Å². The first-order valence-electron chi connectivity index (χ1n) is 9.44. The van der Waals surface area contributed by atoms with Gasteiger partial charge in [-0.05, 0) is 25.3 Å². The minimum atomic E-state index is -1.25. The number of carbonyl (C=O) groups is 2. The van der Waals surface area contributed by atoms with Gasteiger partial charge in [-0.3, -0.25) is 9.59 Å². The molecule has 0 unspecified atom stereocenters. The van der Waals surface area contributed by atoms with Crippen molar-refractivity contribution in [1.82, 2.24) is 9.80 Å². The van der Waals surface area contributed by atoms with E-state index in [0.29, 0.717) is 36.7 Å². The second kappa shape index (κ2) is 8.59. The Bertz CT molecular complexity index is 688. The molecule has 148 valence electrons. The van der Waals surface area contributed by atoms with Crippen LogP contribution in [0.3, 0.4) is 0 Å². The maximum absolute atomic E-state index is 12.7. The largest absolute Gasteiger partial charge is 0.385 e. The second-order valence-corrected chi connectivity index (χ2v) is 7.99. The van der Waals surface area contributed by atoms with Gasteiger partial charge in [-0.1, -0.05) is 29.8 Å². The van der Waals surface area contributed by atoms with E-state index in [9.17, 15) is 14.7 Å². The molecule has 2 aliphatic heterocycles. The summed E-state index contributed by atoms with van der Waals surface area (Å²) in [5.74, 6) is -0.124. The fraction of sp³-hybridized carbons (Fsp3) is 0.600. The summed E-state index contributed by atoms with van der Waals surface area (Å²) >= 11 is 6.10. The summed E-state index contributed by atoms with van der Waals surface area (Å²) in [6, 6.07) is 6.86. The zero-order valence-corrected chi connectivity index (χ0v) is 16.5. The molecule has 0 bridgehead atoms. The maximum atomic E-state index is 12.7. The van der Waals surface area contributed by atoms with Crippen LogP contribution in [0, 0.1) is 5.41 Å². The zero-order chi connectivity index (χ0) is 19.4. The minimum absolute atomic E-state index is 0.0454. The van der Waals surface area contributed by atoms with Crippen molar-refractivity contribution in [3.63, 3.8) is 0 Å². The standard InChI is InChI=1S/C20H27ClN2O4/c1-27-12-4-9-23-14-20(13-17(23)24)7-10-22(11-8-20)19(26)18(25)15-5-2-3-6-16(15)21/h2-3,5-6,18,25H,4,7-14H2,1H3/t18-/m0/s1. The number of piperidine rings is 1. The first-order valence-corrected chi connectivity index (χ1v) is 9.81. The Balaban J connectivity index is 1.56. The number of likely N-dealkylation sites (tertiary alicyclic amines) is 2. The normalized spacial score (nSPS) is 20.3. The third kappa shape index (κ3) is 4.45. The zero-order valence-electron chi connectivity index (χ0n) is 15.7. The number of aliphatic hydroxyl groups excluding tert-OH is 1. The van der Waals surface area contributed by atoms with Crippen molar-refractivity contribution >= 4 is 23.4 Å². The van der Waals surface area contributed by atoms with Crippen molar-refractivity contribution in [2.45, 2.75) is 31.8 Å². The number of halogens is 1. The molecule has 3 rings (SSSR count). The van der Waals surface area contributed by atoms with Gasteiger partial charge in [-0.15, -0.1) is 0 Å². The number of nitrogens with zero attached hydrogens (tertiary/aromatic N) is 2. The number of hydrogen-bond acceptors (Lipinski definition) is 4. The van der Waals surface area contributed by atoms with Crippen LogP contribution < -0.4 is 0 Å². The summed E-state index contributed by atoms with van der Waals surface area (Å²) in [6.07, 6.45) is 1.70. The molecule has 0 aromatic heterocycles. The van der Waals surface area contributed by atoms with Gasteiger partial charge in [0, 0.05) is 62.3 Å². The SMILES string of the molecule is COCCCN1CC2(CCN(C(=O)[C@@H](O)c3ccccc3Cl)CC2)CC1=O. The average Bonchev–Trinajstić information content (AvgIpc) is 2.97. The van der Waals surface area contributed by atoms with Crippen LogP contribution in [0.25, 0.3) is 0 Å². The number of amides is 2. The fourth-order valence-corrected chi connectivity index (χ4v) is 4.36. The van der Waals surface area contributed by atoms with Crippen molar-refractivity contribution in [2.24, 2.45) is 5.41 Å². The Morgan fingerprint density at radius 1 is 1.33 bits per heavy atom. The van der Waals surface area contributed by atoms with Crippen molar-refractivity contribution < 1.29 is 19.4 Å². The first kappa shape index (κ1) is 20.1. The van der Waals surface area contributed by atoms with E-state index in [1.807, 2.05) is 4.90 Å². The number of methoxy groups -OCH3 is 1. The van der Waals surface area contributed by atoms with Gasteiger partial charge in [0.15, 0.2) is 6.10 Å². The Labute approximate surface area is 165 Å². The number of rotatable bonds is 6. The molecule has 1 aromatic rings. The van der Waals surface area contributed by atoms with Crippen molar-refractivity contribution in [2.75, 3.05) is 39.9 Å². The summed E-state index contributed by atoms with van der Waals surface area (Å²) in [5, 5.41) is 10.8. The smallest absolute Gasteiger partial charge is 0.256 e. The molecule has 1 N–H and O–H groups in total. The first-order chi connectivity index (χ1) is 13.0. The van der Waals surface area contributed by atoms with Gasteiger partial charge in [-0.2, -0.15) is 0 Å². The topological polar surface area (TPSA) is 70.1 Å². The Hall–Kier alpha value is -1.63. The predicted octanol–water partition coefficient (Wildman–Crippen LogP) is 2.25. The molecule has 2 amide bonds. The van der Waals surface area contributed by atoms with E-state index in [1.165, 1.54) is 0 Å². The molecular formula is C20H27ClN2O4. The van der Waals surface area contributed by atoms with Gasteiger partial charge in [0.2, 0.25) is 5.91 Å². The third-order valence-electron chi connectivity index (χ3n) is 5.75. The van der Waals surface area contributed by atoms with Gasteiger partial charge in [0.25, 0.3) is 5.91 Å². The maximum Gasteiger partial charge on any atom is 0.256 e. The van der Waals surface area contributed by atoms with E-state index >= 15 is 0 Å². The number of ether oxygens (including phenoxy) is 1. The van der Waals surface area contributed by atoms with Gasteiger partial charge in [0.1, 0.15) is 0 Å². The average molecular weight is 395 g/mol. The molecule has 0 aliphatic carbocycles. The van der Waals surface area contributed by atoms with E-state index in [-0.39, 0.29) is 17.2 Å². The lowest BCUT2D eigenvalue weighted by Gasteiger charge is -2.39. The second-order valence-electron chi connectivity index (χ2n) is 7.59. The van der Waals surface area contributed by atoms with Gasteiger partial charge in [0.05, 0.1) is 0 Å². The number of hydrogen-bond donors (Lipinski definition) is 1. The van der Waals surface area contributed by atoms with E-state index in [4.69, 9.17) is 16.3 Å². The molecule has 1 atom stereocenters. The Morgan fingerprint density at radius 3 is 2.70 bits per heavy atom. The molecule has 2 aliphatic rings. The molecule has 2 fully saturated rings. The molecular weight excluding hydrogens is 368 g/mol. The van der Waals surface area contributed by atoms with Crippen LogP contribution in [0.15, 0.2) is 24.3 Å². The van der Waals surface area contributed by atoms with Gasteiger partial charge in [-0.25, -0.2) is 0 Å². The van der Waals surface area contributed by atoms with Crippen molar-refractivity contribution in [1.29, 1.82) is 0 Å². The Morgan fingerprint density at radius 2 is 2.04 bits per heavy atom. The molecule has 27 heavy (non-hydrogen) atoms. The highest BCUT2D eigenvalue weighted by Gasteiger charge is 2.45. The van der Waals surface area contributed by atoms with Crippen LogP contribution in [0.5, 0.6) is 0 Å². The molecule has 2 saturated heterocycles. The molecule has 2 heterocycles. The lowest BCUT2D eigenvalue weighted by atomic mass is 9.77. The quantitative estimate of drug-likeness (QED) is 0.751. The minimum Gasteiger partial charge on any atom is -0.385 e. The lowest BCUT2D eigenvalue weighted by Crippen LogP contribution is -2.46. The van der Waals surface area contributed by atoms with Gasteiger partial charge >= 0.3 is 0 Å². The molecule has 0 radical (unpaired) electrons. The van der Waals surface area contributed by atoms with E-state index in [2.05, 4.69) is 0 Å². The summed E-state index contributed by atoms with van der Waals surface area (Å²) in [5.41, 5.74) is 0.390. The Kier molecular flexibility index (Phi) is 6.40. The summed E-state index contributed by atoms with van der Waals surface area (Å²) in [4.78, 5) is 28.6. The van der Waals surface area contributed by atoms with E-state index in [1.54, 1.807) is 36.3 Å². The highest BCUT2D eigenvalue weighted by Crippen LogP contribution is 2.41. The van der Waals surface area contributed by atoms with Crippen LogP contribution in [-0.2, 0) is 14.3 Å². The van der Waals surface area contributed by atoms with Gasteiger partial charge < -0.3 is 19.6 Å². The third-order valence-corrected chi connectivity index (χ3v) is 6.10. The molecule has 6 nitrogen and oxygen atoms in total. The summed E-state index contributed by atoms with van der Waals surface area (Å²) in [6.45, 7) is 3.24. The summed E-state index contributed by atoms with van der Waals surface area (Å²) in [7, 11) is 1.66. The molecule has 7 heteroatoms. The highest BCUT2D eigenvalue weighted by atomic mass is 35.5. The molecule has 0 saturated carbocycles. The van der Waals surface area contributed by atoms with Crippen LogP contribution in [0.4, 0.5) is 0 Å². The van der Waals surface area contributed by atoms with E-state index < -0.39 is 6.10 Å². The number of aliphatic hydroxyl groups is 1. The highest BCUT2D eigenvalue weighted by molar-refractivity contribution is 6.31. The molecule has 1 aromatic carbocycles. The number of carbonyl (C=O) groups excluding carboxylic acids is 2.